The lowest BCUT2D eigenvalue weighted by molar-refractivity contribution is 0.122. The van der Waals surface area contributed by atoms with E-state index in [1.54, 1.807) is 18.3 Å². The maximum atomic E-state index is 6.34. The number of aryl methyl sites for hydroxylation is 1. The number of aromatic nitrogens is 3. The van der Waals surface area contributed by atoms with Gasteiger partial charge in [-0.15, -0.1) is 0 Å². The van der Waals surface area contributed by atoms with Crippen LogP contribution in [0.15, 0.2) is 64.2 Å². The molecule has 1 aromatic heterocycles. The van der Waals surface area contributed by atoms with Gasteiger partial charge in [-0.3, -0.25) is 0 Å². The van der Waals surface area contributed by atoms with Gasteiger partial charge in [0.1, 0.15) is 12.4 Å². The first-order valence-corrected chi connectivity index (χ1v) is 14.5. The van der Waals surface area contributed by atoms with Gasteiger partial charge in [-0.05, 0) is 82.5 Å². The van der Waals surface area contributed by atoms with Crippen LogP contribution in [0.1, 0.15) is 16.7 Å². The van der Waals surface area contributed by atoms with Crippen molar-refractivity contribution in [2.75, 3.05) is 41.9 Å². The average molecular weight is 678 g/mol. The number of hydrogen-bond donors (Lipinski definition) is 2. The van der Waals surface area contributed by atoms with Gasteiger partial charge in [0.2, 0.25) is 17.8 Å². The number of halogens is 4. The van der Waals surface area contributed by atoms with Crippen molar-refractivity contribution in [3.8, 4) is 5.75 Å². The molecule has 0 unspecified atom stereocenters. The number of hydrogen-bond acceptors (Lipinski definition) is 9. The van der Waals surface area contributed by atoms with Gasteiger partial charge in [0.15, 0.2) is 0 Å². The fourth-order valence-corrected chi connectivity index (χ4v) is 5.04. The summed E-state index contributed by atoms with van der Waals surface area (Å²) < 4.78 is 12.2. The van der Waals surface area contributed by atoms with Crippen molar-refractivity contribution in [2.45, 2.75) is 13.5 Å². The highest BCUT2D eigenvalue weighted by molar-refractivity contribution is 9.10. The summed E-state index contributed by atoms with van der Waals surface area (Å²) in [6, 6.07) is 16.6. The summed E-state index contributed by atoms with van der Waals surface area (Å²) in [4.78, 5) is 15.7. The van der Waals surface area contributed by atoms with Crippen LogP contribution in [0, 0.1) is 6.92 Å². The van der Waals surface area contributed by atoms with Gasteiger partial charge in [-0.25, -0.2) is 5.43 Å². The van der Waals surface area contributed by atoms with Crippen LogP contribution in [-0.2, 0) is 11.3 Å². The average Bonchev–Trinajstić information content (AvgIpc) is 2.96. The zero-order chi connectivity index (χ0) is 28.8. The standard InChI is InChI=1S/C28H25BrCl3N7O2/c1-17-12-22(29)25(14-23(17)31)34-26-35-27(37-28(36-26)39-8-10-40-11-9-39)38-33-15-18-2-6-21(7-3-18)41-16-19-4-5-20(30)13-24(19)32/h2-7,12-15H,8-11,16H2,1H3,(H2,34,35,36,37,38)/b33-15-. The van der Waals surface area contributed by atoms with Crippen molar-refractivity contribution in [3.05, 3.63) is 90.8 Å². The highest BCUT2D eigenvalue weighted by Gasteiger charge is 2.17. The third-order valence-corrected chi connectivity index (χ3v) is 7.73. The van der Waals surface area contributed by atoms with Crippen LogP contribution in [0.3, 0.4) is 0 Å². The lowest BCUT2D eigenvalue weighted by atomic mass is 10.2. The van der Waals surface area contributed by atoms with Crippen LogP contribution >= 0.6 is 50.7 Å². The summed E-state index contributed by atoms with van der Waals surface area (Å²) in [6.07, 6.45) is 1.67. The summed E-state index contributed by atoms with van der Waals surface area (Å²) >= 11 is 22.1. The Bertz CT molecular complexity index is 1550. The maximum absolute atomic E-state index is 6.34. The van der Waals surface area contributed by atoms with Crippen LogP contribution < -0.4 is 20.4 Å². The molecule has 5 rings (SSSR count). The summed E-state index contributed by atoms with van der Waals surface area (Å²) in [5, 5.41) is 9.35. The smallest absolute Gasteiger partial charge is 0.250 e. The highest BCUT2D eigenvalue weighted by atomic mass is 79.9. The second-order valence-electron chi connectivity index (χ2n) is 9.05. The topological polar surface area (TPSA) is 96.8 Å². The predicted octanol–water partition coefficient (Wildman–Crippen LogP) is 7.51. The molecule has 13 heteroatoms. The molecule has 212 valence electrons. The van der Waals surface area contributed by atoms with Crippen molar-refractivity contribution < 1.29 is 9.47 Å². The fourth-order valence-electron chi connectivity index (χ4n) is 3.85. The van der Waals surface area contributed by atoms with Crippen LogP contribution in [0.25, 0.3) is 0 Å². The Labute approximate surface area is 261 Å². The van der Waals surface area contributed by atoms with E-state index in [4.69, 9.17) is 44.3 Å². The second-order valence-corrected chi connectivity index (χ2v) is 11.2. The Hall–Kier alpha value is -3.15. The van der Waals surface area contributed by atoms with E-state index in [1.165, 1.54) is 0 Å². The molecule has 0 radical (unpaired) electrons. The Morgan fingerprint density at radius 2 is 1.73 bits per heavy atom. The minimum absolute atomic E-state index is 0.286. The molecule has 1 aliphatic rings. The molecule has 1 fully saturated rings. The van der Waals surface area contributed by atoms with E-state index in [-0.39, 0.29) is 5.95 Å². The molecule has 0 saturated carbocycles. The number of ether oxygens (including phenoxy) is 2. The number of benzene rings is 3. The molecular formula is C28H25BrCl3N7O2. The molecule has 1 aliphatic heterocycles. The fraction of sp³-hybridized carbons (Fsp3) is 0.214. The van der Waals surface area contributed by atoms with Gasteiger partial charge in [-0.1, -0.05) is 40.9 Å². The van der Waals surface area contributed by atoms with E-state index in [1.807, 2.05) is 54.3 Å². The Kier molecular flexibility index (Phi) is 9.79. The van der Waals surface area contributed by atoms with E-state index >= 15 is 0 Å². The number of nitrogens with zero attached hydrogens (tertiary/aromatic N) is 5. The number of anilines is 4. The third kappa shape index (κ3) is 7.99. The molecule has 0 amide bonds. The number of rotatable bonds is 9. The van der Waals surface area contributed by atoms with E-state index in [0.29, 0.717) is 65.6 Å². The maximum Gasteiger partial charge on any atom is 0.250 e. The normalized spacial score (nSPS) is 13.4. The third-order valence-electron chi connectivity index (χ3n) is 6.08. The van der Waals surface area contributed by atoms with E-state index in [2.05, 4.69) is 46.7 Å². The summed E-state index contributed by atoms with van der Waals surface area (Å²) in [6.45, 7) is 4.81. The lowest BCUT2D eigenvalue weighted by Gasteiger charge is -2.27. The SMILES string of the molecule is Cc1cc(Br)c(Nc2nc(N/N=C\c3ccc(OCc4ccc(Cl)cc4Cl)cc3)nc(N3CCOCC3)n2)cc1Cl. The Morgan fingerprint density at radius 1 is 0.976 bits per heavy atom. The summed E-state index contributed by atoms with van der Waals surface area (Å²) in [7, 11) is 0. The zero-order valence-corrected chi connectivity index (χ0v) is 25.7. The molecule has 4 aromatic rings. The minimum Gasteiger partial charge on any atom is -0.489 e. The highest BCUT2D eigenvalue weighted by Crippen LogP contribution is 2.31. The van der Waals surface area contributed by atoms with Gasteiger partial charge >= 0.3 is 0 Å². The predicted molar refractivity (Wildman–Crippen MR) is 168 cm³/mol. The van der Waals surface area contributed by atoms with Gasteiger partial charge in [-0.2, -0.15) is 20.1 Å². The molecule has 1 saturated heterocycles. The first-order valence-electron chi connectivity index (χ1n) is 12.6. The van der Waals surface area contributed by atoms with Crippen LogP contribution in [0.4, 0.5) is 23.5 Å². The van der Waals surface area contributed by atoms with Crippen molar-refractivity contribution in [1.82, 2.24) is 15.0 Å². The molecule has 2 N–H and O–H groups in total. The molecule has 9 nitrogen and oxygen atoms in total. The van der Waals surface area contributed by atoms with Crippen LogP contribution in [0.2, 0.25) is 15.1 Å². The molecule has 0 spiro atoms. The lowest BCUT2D eigenvalue weighted by Crippen LogP contribution is -2.37. The minimum atomic E-state index is 0.286. The van der Waals surface area contributed by atoms with Gasteiger partial charge in [0.25, 0.3) is 0 Å². The monoisotopic (exact) mass is 675 g/mol. The number of nitrogens with one attached hydrogen (secondary N) is 2. The number of morpholine rings is 1. The Morgan fingerprint density at radius 3 is 2.49 bits per heavy atom. The Balaban J connectivity index is 1.27. The molecule has 0 bridgehead atoms. The summed E-state index contributed by atoms with van der Waals surface area (Å²) in [5.74, 6) is 1.85. The van der Waals surface area contributed by atoms with E-state index < -0.39 is 0 Å². The second kappa shape index (κ2) is 13.7. The van der Waals surface area contributed by atoms with Gasteiger partial charge in [0.05, 0.1) is 25.1 Å². The van der Waals surface area contributed by atoms with Crippen LogP contribution in [-0.4, -0.2) is 47.5 Å². The number of hydrazone groups is 1. The molecule has 0 atom stereocenters. The largest absolute Gasteiger partial charge is 0.489 e. The zero-order valence-electron chi connectivity index (χ0n) is 21.9. The first-order chi connectivity index (χ1) is 19.8. The van der Waals surface area contributed by atoms with Gasteiger partial charge < -0.3 is 19.7 Å². The molecule has 3 aromatic carbocycles. The van der Waals surface area contributed by atoms with Crippen molar-refractivity contribution in [1.29, 1.82) is 0 Å². The molecule has 0 aliphatic carbocycles. The van der Waals surface area contributed by atoms with Crippen LogP contribution in [0.5, 0.6) is 5.75 Å². The summed E-state index contributed by atoms with van der Waals surface area (Å²) in [5.41, 5.74) is 6.31. The van der Waals surface area contributed by atoms with E-state index in [0.717, 1.165) is 26.9 Å². The van der Waals surface area contributed by atoms with Crippen molar-refractivity contribution in [2.24, 2.45) is 5.10 Å². The van der Waals surface area contributed by atoms with Crippen molar-refractivity contribution in [3.63, 3.8) is 0 Å². The molecule has 41 heavy (non-hydrogen) atoms. The molecule has 2 heterocycles. The van der Waals surface area contributed by atoms with E-state index in [9.17, 15) is 0 Å². The van der Waals surface area contributed by atoms with Crippen molar-refractivity contribution >= 4 is 80.5 Å². The molecular weight excluding hydrogens is 653 g/mol. The van der Waals surface area contributed by atoms with Gasteiger partial charge in [0, 0.05) is 38.2 Å². The first kappa shape index (κ1) is 29.3. The quantitative estimate of drug-likeness (QED) is 0.139.